The molecule has 0 radical (unpaired) electrons. The zero-order chi connectivity index (χ0) is 15.4. The van der Waals surface area contributed by atoms with Crippen molar-refractivity contribution in [2.24, 2.45) is 0 Å². The van der Waals surface area contributed by atoms with Gasteiger partial charge in [0.15, 0.2) is 0 Å². The zero-order valence-corrected chi connectivity index (χ0v) is 12.2. The molecule has 0 bridgehead atoms. The van der Waals surface area contributed by atoms with E-state index in [0.717, 1.165) is 32.1 Å². The molecule has 3 N–H and O–H groups in total. The minimum atomic E-state index is -0.180. The molecular weight excluding hydrogens is 280 g/mol. The molecule has 0 atom stereocenters. The van der Waals surface area contributed by atoms with Crippen molar-refractivity contribution >= 4 is 23.1 Å². The Morgan fingerprint density at radius 2 is 1.86 bits per heavy atom. The molecule has 0 spiro atoms. The number of pyridine rings is 1. The first-order valence-electron chi connectivity index (χ1n) is 7.18. The number of nitrogens with two attached hydrogens (primary N) is 1. The summed E-state index contributed by atoms with van der Waals surface area (Å²) in [6, 6.07) is 10.6. The molecule has 3 rings (SSSR count). The molecule has 1 saturated heterocycles. The molecule has 0 aliphatic carbocycles. The van der Waals surface area contributed by atoms with Crippen molar-refractivity contribution in [3.8, 4) is 0 Å². The summed E-state index contributed by atoms with van der Waals surface area (Å²) in [6.45, 7) is 3.11. The monoisotopic (exact) mass is 298 g/mol. The number of carbonyl (C=O) groups excluding carboxylic acids is 1. The predicted molar refractivity (Wildman–Crippen MR) is 86.1 cm³/mol. The first kappa shape index (κ1) is 14.3. The molecule has 0 saturated carbocycles. The van der Waals surface area contributed by atoms with Gasteiger partial charge in [0.2, 0.25) is 0 Å². The minimum absolute atomic E-state index is 0.180. The van der Waals surface area contributed by atoms with E-state index in [1.807, 2.05) is 12.1 Å². The van der Waals surface area contributed by atoms with E-state index in [1.54, 1.807) is 30.5 Å². The van der Waals surface area contributed by atoms with Gasteiger partial charge in [-0.05, 0) is 36.4 Å². The molecular formula is C16H18N4O2. The number of carbonyl (C=O) groups is 1. The maximum atomic E-state index is 12.1. The summed E-state index contributed by atoms with van der Waals surface area (Å²) >= 11 is 0. The Hall–Kier alpha value is -2.60. The maximum absolute atomic E-state index is 12.1. The summed E-state index contributed by atoms with van der Waals surface area (Å²) in [6.07, 6.45) is 1.67. The summed E-state index contributed by atoms with van der Waals surface area (Å²) in [5.74, 6) is 0.717. The average molecular weight is 298 g/mol. The van der Waals surface area contributed by atoms with Crippen LogP contribution < -0.4 is 16.0 Å². The van der Waals surface area contributed by atoms with E-state index in [0.29, 0.717) is 16.9 Å². The van der Waals surface area contributed by atoms with Crippen LogP contribution in [0.25, 0.3) is 0 Å². The number of benzene rings is 1. The smallest absolute Gasteiger partial charge is 0.255 e. The van der Waals surface area contributed by atoms with Crippen LogP contribution in [0.4, 0.5) is 17.2 Å². The Balaban J connectivity index is 1.65. The van der Waals surface area contributed by atoms with E-state index in [4.69, 9.17) is 10.5 Å². The van der Waals surface area contributed by atoms with Gasteiger partial charge in [-0.25, -0.2) is 4.98 Å². The van der Waals surface area contributed by atoms with Gasteiger partial charge < -0.3 is 20.7 Å². The maximum Gasteiger partial charge on any atom is 0.255 e. The zero-order valence-electron chi connectivity index (χ0n) is 12.2. The Labute approximate surface area is 128 Å². The van der Waals surface area contributed by atoms with Gasteiger partial charge >= 0.3 is 0 Å². The third-order valence-corrected chi connectivity index (χ3v) is 3.51. The summed E-state index contributed by atoms with van der Waals surface area (Å²) in [7, 11) is 0. The number of amides is 1. The molecule has 1 aliphatic rings. The van der Waals surface area contributed by atoms with Gasteiger partial charge in [-0.3, -0.25) is 4.79 Å². The van der Waals surface area contributed by atoms with Crippen molar-refractivity contribution < 1.29 is 9.53 Å². The second kappa shape index (κ2) is 6.44. The van der Waals surface area contributed by atoms with Gasteiger partial charge in [0, 0.05) is 24.3 Å². The van der Waals surface area contributed by atoms with Crippen LogP contribution in [0.5, 0.6) is 0 Å². The molecule has 0 unspecified atom stereocenters. The van der Waals surface area contributed by atoms with Crippen molar-refractivity contribution in [2.45, 2.75) is 0 Å². The van der Waals surface area contributed by atoms with Crippen LogP contribution >= 0.6 is 0 Å². The number of morpholine rings is 1. The first-order valence-corrected chi connectivity index (χ1v) is 7.18. The largest absolute Gasteiger partial charge is 0.399 e. The Kier molecular flexibility index (Phi) is 4.20. The number of nitrogens with one attached hydrogen (secondary N) is 1. The van der Waals surface area contributed by atoms with Crippen molar-refractivity contribution in [1.29, 1.82) is 0 Å². The minimum Gasteiger partial charge on any atom is -0.399 e. The van der Waals surface area contributed by atoms with Gasteiger partial charge in [-0.1, -0.05) is 0 Å². The van der Waals surface area contributed by atoms with Gasteiger partial charge in [-0.2, -0.15) is 0 Å². The number of rotatable bonds is 3. The molecule has 1 fully saturated rings. The molecule has 22 heavy (non-hydrogen) atoms. The lowest BCUT2D eigenvalue weighted by Crippen LogP contribution is -2.36. The van der Waals surface area contributed by atoms with E-state index in [-0.39, 0.29) is 5.91 Å². The van der Waals surface area contributed by atoms with Crippen LogP contribution in [0.2, 0.25) is 0 Å². The SMILES string of the molecule is Nc1ccc(C(=O)Nc2ccc(N3CCOCC3)nc2)cc1. The predicted octanol–water partition coefficient (Wildman–Crippen LogP) is 1.75. The molecule has 1 aliphatic heterocycles. The number of nitrogen functional groups attached to an aromatic ring is 1. The average Bonchev–Trinajstić information content (AvgIpc) is 2.57. The number of hydrogen-bond donors (Lipinski definition) is 2. The fourth-order valence-electron chi connectivity index (χ4n) is 2.28. The van der Waals surface area contributed by atoms with Crippen LogP contribution in [0.15, 0.2) is 42.6 Å². The van der Waals surface area contributed by atoms with E-state index < -0.39 is 0 Å². The normalized spacial score (nSPS) is 14.6. The number of hydrogen-bond acceptors (Lipinski definition) is 5. The summed E-state index contributed by atoms with van der Waals surface area (Å²) in [5.41, 5.74) is 7.47. The number of nitrogens with zero attached hydrogens (tertiary/aromatic N) is 2. The van der Waals surface area contributed by atoms with Crippen LogP contribution in [0, 0.1) is 0 Å². The highest BCUT2D eigenvalue weighted by Gasteiger charge is 2.12. The Bertz CT molecular complexity index is 634. The molecule has 2 heterocycles. The van der Waals surface area contributed by atoms with Crippen LogP contribution in [0.1, 0.15) is 10.4 Å². The molecule has 1 amide bonds. The van der Waals surface area contributed by atoms with E-state index in [1.165, 1.54) is 0 Å². The second-order valence-corrected chi connectivity index (χ2v) is 5.08. The van der Waals surface area contributed by atoms with Crippen LogP contribution in [-0.4, -0.2) is 37.2 Å². The van der Waals surface area contributed by atoms with Crippen LogP contribution in [-0.2, 0) is 4.74 Å². The first-order chi connectivity index (χ1) is 10.7. The number of ether oxygens (including phenoxy) is 1. The van der Waals surface area contributed by atoms with E-state index in [9.17, 15) is 4.79 Å². The van der Waals surface area contributed by atoms with Crippen molar-refractivity contribution in [3.63, 3.8) is 0 Å². The number of aromatic nitrogens is 1. The van der Waals surface area contributed by atoms with Gasteiger partial charge in [-0.15, -0.1) is 0 Å². The lowest BCUT2D eigenvalue weighted by atomic mass is 10.2. The summed E-state index contributed by atoms with van der Waals surface area (Å²) in [5, 5.41) is 2.82. The lowest BCUT2D eigenvalue weighted by Gasteiger charge is -2.27. The van der Waals surface area contributed by atoms with Gasteiger partial charge in [0.05, 0.1) is 25.1 Å². The molecule has 2 aromatic rings. The van der Waals surface area contributed by atoms with Gasteiger partial charge in [0.1, 0.15) is 5.82 Å². The third kappa shape index (κ3) is 3.35. The molecule has 1 aromatic heterocycles. The van der Waals surface area contributed by atoms with E-state index >= 15 is 0 Å². The third-order valence-electron chi connectivity index (χ3n) is 3.51. The fourth-order valence-corrected chi connectivity index (χ4v) is 2.28. The van der Waals surface area contributed by atoms with Crippen molar-refractivity contribution in [1.82, 2.24) is 4.98 Å². The number of anilines is 3. The molecule has 6 nitrogen and oxygen atoms in total. The Morgan fingerprint density at radius 1 is 1.14 bits per heavy atom. The highest BCUT2D eigenvalue weighted by molar-refractivity contribution is 6.04. The fraction of sp³-hybridized carbons (Fsp3) is 0.250. The molecule has 1 aromatic carbocycles. The van der Waals surface area contributed by atoms with Crippen molar-refractivity contribution in [2.75, 3.05) is 42.3 Å². The Morgan fingerprint density at radius 3 is 2.50 bits per heavy atom. The quantitative estimate of drug-likeness (QED) is 0.844. The standard InChI is InChI=1S/C16H18N4O2/c17-13-3-1-12(2-4-13)16(21)19-14-5-6-15(18-11-14)20-7-9-22-10-8-20/h1-6,11H,7-10,17H2,(H,19,21). The van der Waals surface area contributed by atoms with E-state index in [2.05, 4.69) is 15.2 Å². The highest BCUT2D eigenvalue weighted by Crippen LogP contribution is 2.16. The lowest BCUT2D eigenvalue weighted by molar-refractivity contribution is 0.102. The topological polar surface area (TPSA) is 80.5 Å². The second-order valence-electron chi connectivity index (χ2n) is 5.08. The summed E-state index contributed by atoms with van der Waals surface area (Å²) < 4.78 is 5.32. The van der Waals surface area contributed by atoms with Crippen molar-refractivity contribution in [3.05, 3.63) is 48.2 Å². The summed E-state index contributed by atoms with van der Waals surface area (Å²) in [4.78, 5) is 18.7. The van der Waals surface area contributed by atoms with Crippen LogP contribution in [0.3, 0.4) is 0 Å². The van der Waals surface area contributed by atoms with Gasteiger partial charge in [0.25, 0.3) is 5.91 Å². The highest BCUT2D eigenvalue weighted by atomic mass is 16.5. The molecule has 114 valence electrons. The molecule has 6 heteroatoms.